The summed E-state index contributed by atoms with van der Waals surface area (Å²) in [5, 5.41) is 0. The fraction of sp³-hybridized carbons (Fsp3) is 0.200. The van der Waals surface area contributed by atoms with Crippen LogP contribution >= 0.6 is 12.8 Å². The Morgan fingerprint density at radius 2 is 1.29 bits per heavy atom. The van der Waals surface area contributed by atoms with Crippen LogP contribution in [0.3, 0.4) is 0 Å². The van der Waals surface area contributed by atoms with Crippen LogP contribution in [0.1, 0.15) is 16.7 Å². The average Bonchev–Trinajstić information content (AvgIpc) is 2.29. The molecule has 0 radical (unpaired) electrons. The lowest BCUT2D eigenvalue weighted by Crippen LogP contribution is -2.07. The van der Waals surface area contributed by atoms with Gasteiger partial charge in [-0.25, -0.2) is 0 Å². The number of anilines is 2. The van der Waals surface area contributed by atoms with Crippen LogP contribution in [-0.2, 0) is 0 Å². The molecule has 0 aliphatic rings. The zero-order valence-corrected chi connectivity index (χ0v) is 11.3. The molecule has 2 aromatic carbocycles. The molecule has 0 spiro atoms. The van der Waals surface area contributed by atoms with E-state index in [1.807, 2.05) is 16.4 Å². The zero-order valence-electron chi connectivity index (χ0n) is 10.4. The van der Waals surface area contributed by atoms with Crippen molar-refractivity contribution < 1.29 is 0 Å². The van der Waals surface area contributed by atoms with Crippen LogP contribution in [0.4, 0.5) is 11.4 Å². The van der Waals surface area contributed by atoms with Crippen molar-refractivity contribution in [2.45, 2.75) is 20.8 Å². The molecule has 0 atom stereocenters. The number of aryl methyl sites for hydroxylation is 3. The van der Waals surface area contributed by atoms with Crippen molar-refractivity contribution in [1.82, 2.24) is 0 Å². The molecule has 2 heteroatoms. The molecule has 2 aromatic rings. The summed E-state index contributed by atoms with van der Waals surface area (Å²) in [5.41, 5.74) is 6.01. The minimum Gasteiger partial charge on any atom is -0.286 e. The Bertz CT molecular complexity index is 514. The van der Waals surface area contributed by atoms with E-state index in [1.54, 1.807) is 0 Å². The first-order valence-corrected chi connectivity index (χ1v) is 6.12. The van der Waals surface area contributed by atoms with Gasteiger partial charge in [0.05, 0.1) is 11.4 Å². The van der Waals surface area contributed by atoms with E-state index in [0.717, 1.165) is 5.69 Å². The third kappa shape index (κ3) is 2.32. The first-order valence-electron chi connectivity index (χ1n) is 5.72. The first kappa shape index (κ1) is 12.1. The summed E-state index contributed by atoms with van der Waals surface area (Å²) >= 11 is 4.65. The van der Waals surface area contributed by atoms with Gasteiger partial charge in [-0.2, -0.15) is 0 Å². The van der Waals surface area contributed by atoms with Crippen LogP contribution in [0.15, 0.2) is 42.5 Å². The van der Waals surface area contributed by atoms with Crippen LogP contribution in [0.2, 0.25) is 0 Å². The summed E-state index contributed by atoms with van der Waals surface area (Å²) in [5.74, 6) is 0. The van der Waals surface area contributed by atoms with Gasteiger partial charge < -0.3 is 0 Å². The Morgan fingerprint density at radius 3 is 1.88 bits per heavy atom. The largest absolute Gasteiger partial charge is 0.286 e. The summed E-state index contributed by atoms with van der Waals surface area (Å²) in [7, 11) is 0. The molecule has 0 amide bonds. The van der Waals surface area contributed by atoms with Gasteiger partial charge in [0, 0.05) is 0 Å². The molecule has 0 saturated carbocycles. The first-order chi connectivity index (χ1) is 8.11. The number of rotatable bonds is 2. The Morgan fingerprint density at radius 1 is 0.765 bits per heavy atom. The van der Waals surface area contributed by atoms with E-state index in [4.69, 9.17) is 0 Å². The van der Waals surface area contributed by atoms with Crippen molar-refractivity contribution in [2.75, 3.05) is 4.31 Å². The molecule has 88 valence electrons. The third-order valence-electron chi connectivity index (χ3n) is 2.99. The molecule has 0 aliphatic heterocycles. The molecular weight excluding hydrogens is 226 g/mol. The highest BCUT2D eigenvalue weighted by atomic mass is 32.1. The maximum Gasteiger partial charge on any atom is 0.0581 e. The Labute approximate surface area is 109 Å². The molecule has 0 heterocycles. The molecule has 1 nitrogen and oxygen atoms in total. The summed E-state index contributed by atoms with van der Waals surface area (Å²) < 4.78 is 1.97. The monoisotopic (exact) mass is 243 g/mol. The minimum atomic E-state index is 1.13. The highest BCUT2D eigenvalue weighted by Crippen LogP contribution is 2.34. The zero-order chi connectivity index (χ0) is 12.4. The van der Waals surface area contributed by atoms with Crippen molar-refractivity contribution >= 4 is 24.2 Å². The average molecular weight is 243 g/mol. The second-order valence-corrected chi connectivity index (χ2v) is 4.74. The van der Waals surface area contributed by atoms with Gasteiger partial charge in [0.15, 0.2) is 0 Å². The molecule has 0 bridgehead atoms. The van der Waals surface area contributed by atoms with E-state index in [-0.39, 0.29) is 0 Å². The van der Waals surface area contributed by atoms with Gasteiger partial charge in [0.2, 0.25) is 0 Å². The van der Waals surface area contributed by atoms with Gasteiger partial charge >= 0.3 is 0 Å². The van der Waals surface area contributed by atoms with Crippen LogP contribution in [0.5, 0.6) is 0 Å². The molecule has 0 unspecified atom stereocenters. The number of para-hydroxylation sites is 2. The second kappa shape index (κ2) is 4.84. The van der Waals surface area contributed by atoms with Crippen molar-refractivity contribution in [3.05, 3.63) is 59.2 Å². The lowest BCUT2D eigenvalue weighted by atomic mass is 10.1. The van der Waals surface area contributed by atoms with Crippen LogP contribution in [0.25, 0.3) is 0 Å². The van der Waals surface area contributed by atoms with E-state index < -0.39 is 0 Å². The summed E-state index contributed by atoms with van der Waals surface area (Å²) in [6.07, 6.45) is 0. The standard InChI is InChI=1S/C15H17NS/c1-11-7-4-5-10-14(11)16(17)15-12(2)8-6-9-13(15)3/h4-10,17H,1-3H3. The second-order valence-electron chi connectivity index (χ2n) is 4.34. The molecular formula is C15H17NS. The van der Waals surface area contributed by atoms with Crippen molar-refractivity contribution in [2.24, 2.45) is 0 Å². The number of hydrogen-bond acceptors (Lipinski definition) is 2. The highest BCUT2D eigenvalue weighted by Gasteiger charge is 2.11. The molecule has 2 rings (SSSR count). The quantitative estimate of drug-likeness (QED) is 0.755. The van der Waals surface area contributed by atoms with E-state index in [9.17, 15) is 0 Å². The van der Waals surface area contributed by atoms with Crippen molar-refractivity contribution in [3.8, 4) is 0 Å². The lowest BCUT2D eigenvalue weighted by Gasteiger charge is -2.23. The Kier molecular flexibility index (Phi) is 3.43. The van der Waals surface area contributed by atoms with E-state index >= 15 is 0 Å². The fourth-order valence-electron chi connectivity index (χ4n) is 2.06. The SMILES string of the molecule is Cc1ccccc1N(S)c1c(C)cccc1C. The number of benzene rings is 2. The van der Waals surface area contributed by atoms with Gasteiger partial charge in [-0.3, -0.25) is 4.31 Å². The number of thiol groups is 1. The molecule has 17 heavy (non-hydrogen) atoms. The predicted molar refractivity (Wildman–Crippen MR) is 78.2 cm³/mol. The lowest BCUT2D eigenvalue weighted by molar-refractivity contribution is 1.29. The van der Waals surface area contributed by atoms with E-state index in [2.05, 4.69) is 63.9 Å². The molecule has 0 aromatic heterocycles. The molecule has 0 fully saturated rings. The minimum absolute atomic E-state index is 1.13. The van der Waals surface area contributed by atoms with Crippen molar-refractivity contribution in [1.29, 1.82) is 0 Å². The smallest absolute Gasteiger partial charge is 0.0581 e. The summed E-state index contributed by atoms with van der Waals surface area (Å²) in [4.78, 5) is 0. The maximum atomic E-state index is 4.65. The van der Waals surface area contributed by atoms with Gasteiger partial charge in [-0.05, 0) is 43.5 Å². The van der Waals surface area contributed by atoms with Gasteiger partial charge in [-0.15, -0.1) is 0 Å². The van der Waals surface area contributed by atoms with Gasteiger partial charge in [0.1, 0.15) is 0 Å². The highest BCUT2D eigenvalue weighted by molar-refractivity contribution is 7.82. The maximum absolute atomic E-state index is 4.65. The summed E-state index contributed by atoms with van der Waals surface area (Å²) in [6.45, 7) is 6.33. The van der Waals surface area contributed by atoms with Crippen LogP contribution in [-0.4, -0.2) is 0 Å². The van der Waals surface area contributed by atoms with E-state index in [1.165, 1.54) is 22.4 Å². The number of hydrogen-bond donors (Lipinski definition) is 1. The topological polar surface area (TPSA) is 3.24 Å². The number of nitrogens with zero attached hydrogens (tertiary/aromatic N) is 1. The fourth-order valence-corrected chi connectivity index (χ4v) is 2.60. The van der Waals surface area contributed by atoms with E-state index in [0.29, 0.717) is 0 Å². The Hall–Kier alpha value is -1.41. The predicted octanol–water partition coefficient (Wildman–Crippen LogP) is 4.59. The van der Waals surface area contributed by atoms with Gasteiger partial charge in [0.25, 0.3) is 0 Å². The van der Waals surface area contributed by atoms with Gasteiger partial charge in [-0.1, -0.05) is 49.2 Å². The van der Waals surface area contributed by atoms with Crippen LogP contribution < -0.4 is 4.31 Å². The molecule has 0 N–H and O–H groups in total. The summed E-state index contributed by atoms with van der Waals surface area (Å²) in [6, 6.07) is 14.6. The van der Waals surface area contributed by atoms with Crippen molar-refractivity contribution in [3.63, 3.8) is 0 Å². The molecule has 0 saturated heterocycles. The Balaban J connectivity index is 2.51. The van der Waals surface area contributed by atoms with Crippen LogP contribution in [0, 0.1) is 20.8 Å². The normalized spacial score (nSPS) is 10.4. The third-order valence-corrected chi connectivity index (χ3v) is 3.41. The molecule has 0 aliphatic carbocycles.